The fraction of sp³-hybridized carbons (Fsp3) is 0.353. The molecule has 1 aliphatic heterocycles. The molecular weight excluding hydrogens is 402 g/mol. The molecule has 134 valence electrons. The zero-order valence-electron chi connectivity index (χ0n) is 13.2. The van der Waals surface area contributed by atoms with Gasteiger partial charge in [-0.1, -0.05) is 22.0 Å². The van der Waals surface area contributed by atoms with Crippen molar-refractivity contribution in [3.8, 4) is 0 Å². The van der Waals surface area contributed by atoms with Gasteiger partial charge in [0.1, 0.15) is 11.6 Å². The van der Waals surface area contributed by atoms with Gasteiger partial charge in [0.25, 0.3) is 0 Å². The maximum atomic E-state index is 13.1. The van der Waals surface area contributed by atoms with Crippen molar-refractivity contribution in [1.29, 1.82) is 0 Å². The number of hydrogen-bond donors (Lipinski definition) is 0. The number of piperazine rings is 1. The lowest BCUT2D eigenvalue weighted by molar-refractivity contribution is -0.137. The van der Waals surface area contributed by atoms with Crippen LogP contribution in [-0.4, -0.2) is 36.1 Å². The highest BCUT2D eigenvalue weighted by atomic mass is 79.9. The number of hydrogen-bond acceptors (Lipinski definition) is 3. The molecule has 0 aliphatic carbocycles. The van der Waals surface area contributed by atoms with Crippen LogP contribution in [0.3, 0.4) is 0 Å². The van der Waals surface area contributed by atoms with Crippen molar-refractivity contribution in [1.82, 2.24) is 9.88 Å². The van der Waals surface area contributed by atoms with Gasteiger partial charge in [-0.3, -0.25) is 4.90 Å². The number of alkyl halides is 3. The molecule has 0 radical (unpaired) electrons. The smallest absolute Gasteiger partial charge is 0.354 e. The molecule has 1 aliphatic rings. The number of rotatable bonds is 3. The van der Waals surface area contributed by atoms with Crippen LogP contribution in [0.2, 0.25) is 0 Å². The van der Waals surface area contributed by atoms with Crippen LogP contribution in [0.25, 0.3) is 0 Å². The van der Waals surface area contributed by atoms with Crippen molar-refractivity contribution >= 4 is 21.7 Å². The second-order valence-electron chi connectivity index (χ2n) is 5.90. The highest BCUT2D eigenvalue weighted by molar-refractivity contribution is 9.10. The summed E-state index contributed by atoms with van der Waals surface area (Å²) in [6, 6.07) is 7.10. The number of aromatic nitrogens is 1. The van der Waals surface area contributed by atoms with Gasteiger partial charge in [-0.2, -0.15) is 13.2 Å². The largest absolute Gasteiger partial charge is 0.417 e. The summed E-state index contributed by atoms with van der Waals surface area (Å²) in [4.78, 5) is 8.13. The summed E-state index contributed by atoms with van der Waals surface area (Å²) < 4.78 is 51.6. The molecule has 3 nitrogen and oxygen atoms in total. The Morgan fingerprint density at radius 1 is 1.04 bits per heavy atom. The summed E-state index contributed by atoms with van der Waals surface area (Å²) >= 11 is 3.37. The van der Waals surface area contributed by atoms with E-state index in [0.717, 1.165) is 35.4 Å². The van der Waals surface area contributed by atoms with Gasteiger partial charge in [0.05, 0.1) is 5.56 Å². The Hall–Kier alpha value is -1.67. The van der Waals surface area contributed by atoms with Crippen LogP contribution in [0.15, 0.2) is 41.0 Å². The molecule has 0 bridgehead atoms. The summed E-state index contributed by atoms with van der Waals surface area (Å²) in [5.74, 6) is 0.268. The molecule has 0 amide bonds. The van der Waals surface area contributed by atoms with Crippen LogP contribution in [-0.2, 0) is 12.7 Å². The molecule has 3 rings (SSSR count). The molecule has 0 spiro atoms. The first-order valence-electron chi connectivity index (χ1n) is 7.77. The van der Waals surface area contributed by atoms with Crippen LogP contribution >= 0.6 is 15.9 Å². The quantitative estimate of drug-likeness (QED) is 0.693. The Labute approximate surface area is 151 Å². The molecule has 0 N–H and O–H groups in total. The van der Waals surface area contributed by atoms with E-state index in [4.69, 9.17) is 0 Å². The van der Waals surface area contributed by atoms with Crippen molar-refractivity contribution in [3.63, 3.8) is 0 Å². The minimum Gasteiger partial charge on any atom is -0.354 e. The fourth-order valence-corrected chi connectivity index (χ4v) is 3.24. The number of halogens is 5. The highest BCUT2D eigenvalue weighted by Gasteiger charge is 2.31. The van der Waals surface area contributed by atoms with E-state index in [1.54, 1.807) is 6.07 Å². The highest BCUT2D eigenvalue weighted by Crippen LogP contribution is 2.29. The lowest BCUT2D eigenvalue weighted by Gasteiger charge is -2.35. The van der Waals surface area contributed by atoms with E-state index in [2.05, 4.69) is 25.8 Å². The second-order valence-corrected chi connectivity index (χ2v) is 6.76. The third-order valence-electron chi connectivity index (χ3n) is 4.18. The molecule has 1 aromatic heterocycles. The van der Waals surface area contributed by atoms with Gasteiger partial charge in [0.2, 0.25) is 0 Å². The Morgan fingerprint density at radius 2 is 1.76 bits per heavy atom. The predicted octanol–water partition coefficient (Wildman–Crippen LogP) is 4.32. The molecule has 0 atom stereocenters. The minimum absolute atomic E-state index is 0.283. The number of pyridine rings is 1. The fourth-order valence-electron chi connectivity index (χ4n) is 2.77. The molecule has 0 saturated carbocycles. The standard InChI is InChI=1S/C17H16BrF4N3/c18-15-9-14(19)3-1-12(15)11-24-5-7-25(8-6-24)16-4-2-13(10-23-16)17(20,21)22/h1-4,9-10H,5-8,11H2. The minimum atomic E-state index is -4.37. The number of nitrogens with zero attached hydrogens (tertiary/aromatic N) is 3. The Bertz CT molecular complexity index is 726. The van der Waals surface area contributed by atoms with Crippen LogP contribution in [0.4, 0.5) is 23.4 Å². The third-order valence-corrected chi connectivity index (χ3v) is 4.92. The van der Waals surface area contributed by atoms with Crippen molar-refractivity contribution in [2.45, 2.75) is 12.7 Å². The molecular formula is C17H16BrF4N3. The van der Waals surface area contributed by atoms with Gasteiger partial charge in [0.15, 0.2) is 0 Å². The summed E-state index contributed by atoms with van der Waals surface area (Å²) in [7, 11) is 0. The Kier molecular flexibility index (Phi) is 5.29. The molecule has 2 heterocycles. The molecule has 1 aromatic carbocycles. The summed E-state index contributed by atoms with van der Waals surface area (Å²) in [6.07, 6.45) is -3.50. The molecule has 1 fully saturated rings. The van der Waals surface area contributed by atoms with Crippen molar-refractivity contribution in [2.24, 2.45) is 0 Å². The van der Waals surface area contributed by atoms with E-state index in [0.29, 0.717) is 25.5 Å². The van der Waals surface area contributed by atoms with Crippen LogP contribution in [0, 0.1) is 5.82 Å². The van der Waals surface area contributed by atoms with E-state index < -0.39 is 11.7 Å². The predicted molar refractivity (Wildman–Crippen MR) is 90.8 cm³/mol. The van der Waals surface area contributed by atoms with Gasteiger partial charge < -0.3 is 4.90 Å². The maximum Gasteiger partial charge on any atom is 0.417 e. The average molecular weight is 418 g/mol. The Morgan fingerprint density at radius 3 is 2.32 bits per heavy atom. The first-order chi connectivity index (χ1) is 11.8. The summed E-state index contributed by atoms with van der Waals surface area (Å²) in [6.45, 7) is 3.56. The lowest BCUT2D eigenvalue weighted by atomic mass is 10.2. The topological polar surface area (TPSA) is 19.4 Å². The maximum absolute atomic E-state index is 13.1. The molecule has 8 heteroatoms. The summed E-state index contributed by atoms with van der Waals surface area (Å²) in [5, 5.41) is 0. The zero-order valence-corrected chi connectivity index (χ0v) is 14.8. The third kappa shape index (κ3) is 4.49. The van der Waals surface area contributed by atoms with Crippen LogP contribution in [0.1, 0.15) is 11.1 Å². The van der Waals surface area contributed by atoms with E-state index >= 15 is 0 Å². The van der Waals surface area contributed by atoms with E-state index in [9.17, 15) is 17.6 Å². The second kappa shape index (κ2) is 7.29. The normalized spacial score (nSPS) is 16.3. The van der Waals surface area contributed by atoms with E-state index in [1.165, 1.54) is 18.2 Å². The molecule has 1 saturated heterocycles. The molecule has 25 heavy (non-hydrogen) atoms. The van der Waals surface area contributed by atoms with Crippen molar-refractivity contribution in [2.75, 3.05) is 31.1 Å². The number of anilines is 1. The summed E-state index contributed by atoms with van der Waals surface area (Å²) in [5.41, 5.74) is 0.263. The van der Waals surface area contributed by atoms with Gasteiger partial charge in [-0.15, -0.1) is 0 Å². The SMILES string of the molecule is Fc1ccc(CN2CCN(c3ccc(C(F)(F)F)cn3)CC2)c(Br)c1. The van der Waals surface area contributed by atoms with Gasteiger partial charge in [-0.25, -0.2) is 9.37 Å². The zero-order chi connectivity index (χ0) is 18.0. The molecule has 2 aromatic rings. The first-order valence-corrected chi connectivity index (χ1v) is 8.57. The van der Waals surface area contributed by atoms with Gasteiger partial charge in [-0.05, 0) is 29.8 Å². The Balaban J connectivity index is 1.58. The first kappa shape index (κ1) is 18.1. The molecule has 0 unspecified atom stereocenters. The van der Waals surface area contributed by atoms with E-state index in [-0.39, 0.29) is 5.82 Å². The van der Waals surface area contributed by atoms with Gasteiger partial charge in [0, 0.05) is 43.4 Å². The van der Waals surface area contributed by atoms with Gasteiger partial charge >= 0.3 is 6.18 Å². The number of benzene rings is 1. The van der Waals surface area contributed by atoms with E-state index in [1.807, 2.05) is 4.90 Å². The van der Waals surface area contributed by atoms with Crippen molar-refractivity contribution < 1.29 is 17.6 Å². The monoisotopic (exact) mass is 417 g/mol. The average Bonchev–Trinajstić information content (AvgIpc) is 2.57. The van der Waals surface area contributed by atoms with Crippen LogP contribution in [0.5, 0.6) is 0 Å². The lowest BCUT2D eigenvalue weighted by Crippen LogP contribution is -2.46. The van der Waals surface area contributed by atoms with Crippen LogP contribution < -0.4 is 4.90 Å². The van der Waals surface area contributed by atoms with Crippen molar-refractivity contribution in [3.05, 3.63) is 57.9 Å².